The quantitative estimate of drug-likeness (QED) is 0.136. The van der Waals surface area contributed by atoms with Gasteiger partial charge in [0.05, 0.1) is 55.8 Å². The summed E-state index contributed by atoms with van der Waals surface area (Å²) in [5.74, 6) is 0. The Morgan fingerprint density at radius 2 is 0.684 bits per heavy atom. The highest BCUT2D eigenvalue weighted by Crippen LogP contribution is 2.53. The van der Waals surface area contributed by atoms with Crippen LogP contribution in [-0.2, 0) is 12.8 Å². The molecule has 0 N–H and O–H groups in total. The molecule has 0 bridgehead atoms. The van der Waals surface area contributed by atoms with Gasteiger partial charge in [-0.15, -0.1) is 0 Å². The topological polar surface area (TPSA) is 15.3 Å². The van der Waals surface area contributed by atoms with Crippen LogP contribution in [0.15, 0.2) is 231 Å². The molecule has 0 aliphatic rings. The predicted octanol–water partition coefficient (Wildman–Crippen LogP) is 20.0. The zero-order valence-corrected chi connectivity index (χ0v) is 43.1. The van der Waals surface area contributed by atoms with Crippen molar-refractivity contribution in [2.75, 3.05) is 9.80 Å². The van der Waals surface area contributed by atoms with Crippen molar-refractivity contribution < 1.29 is 0 Å². The SMILES string of the molecule is CCc1ccc(N(c2ccccc2C)c2ccc3c4cc5c(cc4n4c6ccccc6c2c34)c2ccc(N(c3ccccc3C)c3ccc(CC)cc3-c3ccccc3)c3c4ccccc4n5c23)c(-c2ccccc2)c1. The summed E-state index contributed by atoms with van der Waals surface area (Å²) in [6.45, 7) is 8.97. The van der Waals surface area contributed by atoms with Crippen LogP contribution in [0.2, 0.25) is 0 Å². The second-order valence-corrected chi connectivity index (χ2v) is 20.7. The van der Waals surface area contributed by atoms with Crippen molar-refractivity contribution in [2.24, 2.45) is 0 Å². The monoisotopic (exact) mass is 974 g/mol. The van der Waals surface area contributed by atoms with E-state index in [2.05, 4.69) is 277 Å². The molecule has 0 amide bonds. The van der Waals surface area contributed by atoms with Gasteiger partial charge < -0.3 is 18.6 Å². The van der Waals surface area contributed by atoms with Gasteiger partial charge in [-0.3, -0.25) is 0 Å². The molecule has 0 saturated carbocycles. The van der Waals surface area contributed by atoms with E-state index < -0.39 is 0 Å². The third-order valence-electron chi connectivity index (χ3n) is 16.5. The van der Waals surface area contributed by atoms with E-state index in [1.165, 1.54) is 143 Å². The summed E-state index contributed by atoms with van der Waals surface area (Å²) in [5, 5.41) is 9.99. The molecule has 15 aromatic rings. The normalized spacial score (nSPS) is 12.1. The molecule has 4 nitrogen and oxygen atoms in total. The van der Waals surface area contributed by atoms with Crippen LogP contribution < -0.4 is 9.80 Å². The van der Waals surface area contributed by atoms with Gasteiger partial charge in [-0.1, -0.05) is 172 Å². The maximum Gasteiger partial charge on any atom is 0.0641 e. The lowest BCUT2D eigenvalue weighted by Gasteiger charge is -2.30. The first kappa shape index (κ1) is 44.1. The summed E-state index contributed by atoms with van der Waals surface area (Å²) < 4.78 is 5.13. The van der Waals surface area contributed by atoms with Crippen LogP contribution in [0.25, 0.3) is 98.4 Å². The minimum atomic E-state index is 0.962. The van der Waals surface area contributed by atoms with E-state index in [9.17, 15) is 0 Å². The van der Waals surface area contributed by atoms with Crippen molar-refractivity contribution in [2.45, 2.75) is 40.5 Å². The van der Waals surface area contributed by atoms with Gasteiger partial charge in [-0.05, 0) is 133 Å². The van der Waals surface area contributed by atoms with Gasteiger partial charge in [0.25, 0.3) is 0 Å². The molecule has 0 spiro atoms. The Bertz CT molecular complexity index is 4450. The van der Waals surface area contributed by atoms with Gasteiger partial charge in [0, 0.05) is 65.6 Å². The van der Waals surface area contributed by atoms with Crippen LogP contribution in [0.5, 0.6) is 0 Å². The summed E-state index contributed by atoms with van der Waals surface area (Å²) in [6, 6.07) is 86.3. The molecule has 0 saturated heterocycles. The Hall–Kier alpha value is -9.38. The van der Waals surface area contributed by atoms with Gasteiger partial charge in [-0.2, -0.15) is 0 Å². The molecular formula is C72H54N4. The second kappa shape index (κ2) is 17.1. The fourth-order valence-corrected chi connectivity index (χ4v) is 12.9. The van der Waals surface area contributed by atoms with Crippen LogP contribution >= 0.6 is 0 Å². The fourth-order valence-electron chi connectivity index (χ4n) is 12.9. The number of nitrogens with zero attached hydrogens (tertiary/aromatic N) is 4. The molecule has 4 aromatic heterocycles. The lowest BCUT2D eigenvalue weighted by molar-refractivity contribution is 1.14. The molecule has 362 valence electrons. The lowest BCUT2D eigenvalue weighted by atomic mass is 9.97. The number of benzene rings is 11. The number of para-hydroxylation sites is 4. The van der Waals surface area contributed by atoms with E-state index in [1.54, 1.807) is 0 Å². The van der Waals surface area contributed by atoms with E-state index in [1.807, 2.05) is 0 Å². The number of anilines is 6. The van der Waals surface area contributed by atoms with E-state index in [4.69, 9.17) is 0 Å². The van der Waals surface area contributed by atoms with Crippen molar-refractivity contribution >= 4 is 110 Å². The van der Waals surface area contributed by atoms with E-state index in [0.717, 1.165) is 24.2 Å². The molecular weight excluding hydrogens is 921 g/mol. The Kier molecular flexibility index (Phi) is 9.93. The van der Waals surface area contributed by atoms with Gasteiger partial charge in [0.2, 0.25) is 0 Å². The zero-order valence-electron chi connectivity index (χ0n) is 43.1. The molecule has 76 heavy (non-hydrogen) atoms. The molecule has 15 rings (SSSR count). The maximum absolute atomic E-state index is 2.57. The van der Waals surface area contributed by atoms with Crippen molar-refractivity contribution in [1.29, 1.82) is 0 Å². The molecule has 0 atom stereocenters. The number of aryl methyl sites for hydroxylation is 4. The van der Waals surface area contributed by atoms with Gasteiger partial charge >= 0.3 is 0 Å². The number of fused-ring (bicyclic) bond motifs is 12. The smallest absolute Gasteiger partial charge is 0.0641 e. The van der Waals surface area contributed by atoms with Crippen molar-refractivity contribution in [3.63, 3.8) is 0 Å². The summed E-state index contributed by atoms with van der Waals surface area (Å²) in [4.78, 5) is 5.07. The van der Waals surface area contributed by atoms with E-state index >= 15 is 0 Å². The first-order valence-corrected chi connectivity index (χ1v) is 26.9. The average Bonchev–Trinajstić information content (AvgIpc) is 4.41. The Morgan fingerprint density at radius 3 is 1.11 bits per heavy atom. The molecule has 0 fully saturated rings. The van der Waals surface area contributed by atoms with Gasteiger partial charge in [-0.25, -0.2) is 0 Å². The van der Waals surface area contributed by atoms with Crippen LogP contribution in [0.3, 0.4) is 0 Å². The van der Waals surface area contributed by atoms with Crippen LogP contribution in [0.1, 0.15) is 36.1 Å². The summed E-state index contributed by atoms with van der Waals surface area (Å²) >= 11 is 0. The van der Waals surface area contributed by atoms with Crippen molar-refractivity contribution in [3.05, 3.63) is 253 Å². The highest BCUT2D eigenvalue weighted by atomic mass is 15.2. The standard InChI is InChI=1S/C72H54N4/c1-5-47-33-37-63(55(41-47)49-23-9-7-10-24-49)73(59-29-17-13-21-45(59)3)65-39-35-51-57-43-68-58(44-67(57)75-61-31-19-15-27-53(61)69(65)71(51)75)52-36-40-66(70-54-28-16-20-32-62(54)76(68)72(52)70)74(60-30-18-14-22-46(60)4)64-38-34-48(6-2)42-56(64)50-25-11-8-12-26-50/h7-44H,5-6H2,1-4H3. The lowest BCUT2D eigenvalue weighted by Crippen LogP contribution is -2.13. The zero-order chi connectivity index (χ0) is 50.8. The summed E-state index contributed by atoms with van der Waals surface area (Å²) in [7, 11) is 0. The molecule has 0 aliphatic carbocycles. The Labute approximate surface area is 442 Å². The average molecular weight is 975 g/mol. The first-order chi connectivity index (χ1) is 37.5. The third kappa shape index (κ3) is 6.37. The maximum atomic E-state index is 2.57. The van der Waals surface area contributed by atoms with Gasteiger partial charge in [0.15, 0.2) is 0 Å². The first-order valence-electron chi connectivity index (χ1n) is 26.9. The minimum Gasteiger partial charge on any atom is -0.309 e. The molecule has 0 radical (unpaired) electrons. The van der Waals surface area contributed by atoms with Gasteiger partial charge in [0.1, 0.15) is 0 Å². The molecule has 4 heteroatoms. The van der Waals surface area contributed by atoms with E-state index in [-0.39, 0.29) is 0 Å². The third-order valence-corrected chi connectivity index (χ3v) is 16.5. The van der Waals surface area contributed by atoms with Crippen molar-refractivity contribution in [1.82, 2.24) is 8.80 Å². The minimum absolute atomic E-state index is 0.962. The fraction of sp³-hybridized carbons (Fsp3) is 0.0833. The molecule has 4 heterocycles. The highest BCUT2D eigenvalue weighted by Gasteiger charge is 2.30. The van der Waals surface area contributed by atoms with Crippen LogP contribution in [0, 0.1) is 13.8 Å². The van der Waals surface area contributed by atoms with Crippen molar-refractivity contribution in [3.8, 4) is 22.3 Å². The van der Waals surface area contributed by atoms with Crippen LogP contribution in [0.4, 0.5) is 34.1 Å². The Morgan fingerprint density at radius 1 is 0.303 bits per heavy atom. The Balaban J connectivity index is 1.02. The molecule has 0 unspecified atom stereocenters. The number of rotatable bonds is 10. The van der Waals surface area contributed by atoms with Crippen LogP contribution in [-0.4, -0.2) is 8.80 Å². The number of hydrogen-bond donors (Lipinski definition) is 0. The largest absolute Gasteiger partial charge is 0.309 e. The molecule has 0 aliphatic heterocycles. The number of hydrogen-bond acceptors (Lipinski definition) is 2. The summed E-state index contributed by atoms with van der Waals surface area (Å²) in [5.41, 5.74) is 24.3. The highest BCUT2D eigenvalue weighted by molar-refractivity contribution is 6.32. The predicted molar refractivity (Wildman–Crippen MR) is 324 cm³/mol. The number of aromatic nitrogens is 2. The van der Waals surface area contributed by atoms with E-state index in [0.29, 0.717) is 0 Å². The summed E-state index contributed by atoms with van der Waals surface area (Å²) in [6.07, 6.45) is 1.92. The molecule has 11 aromatic carbocycles. The second-order valence-electron chi connectivity index (χ2n) is 20.7.